The smallest absolute Gasteiger partial charge is 0.232 e. The monoisotopic (exact) mass is 478 g/mol. The number of rotatable bonds is 2. The normalized spacial score (nSPS) is 22.5. The van der Waals surface area contributed by atoms with Gasteiger partial charge in [-0.25, -0.2) is 0 Å². The number of hydrogen-bond acceptors (Lipinski definition) is 4. The number of carbonyl (C=O) groups is 2. The molecule has 1 aromatic carbocycles. The van der Waals surface area contributed by atoms with Crippen molar-refractivity contribution in [2.75, 3.05) is 4.90 Å². The Morgan fingerprint density at radius 3 is 2.70 bits per heavy atom. The van der Waals surface area contributed by atoms with E-state index in [1.165, 1.54) is 11.3 Å². The summed E-state index contributed by atoms with van der Waals surface area (Å²) in [4.78, 5) is 30.2. The number of carbonyl (C=O) groups excluding carboxylic acids is 2. The van der Waals surface area contributed by atoms with Gasteiger partial charge >= 0.3 is 0 Å². The summed E-state index contributed by atoms with van der Waals surface area (Å²) in [7, 11) is 0. The fourth-order valence-electron chi connectivity index (χ4n) is 5.66. The molecule has 1 aromatic heterocycles. The van der Waals surface area contributed by atoms with Crippen molar-refractivity contribution < 1.29 is 9.59 Å². The van der Waals surface area contributed by atoms with Crippen LogP contribution in [0.25, 0.3) is 0 Å². The average molecular weight is 479 g/mol. The van der Waals surface area contributed by atoms with Crippen LogP contribution in [-0.2, 0) is 22.4 Å². The lowest BCUT2D eigenvalue weighted by Crippen LogP contribution is -2.43. The van der Waals surface area contributed by atoms with Gasteiger partial charge in [0, 0.05) is 39.9 Å². The number of ketones is 1. The molecule has 6 heteroatoms. The Labute approximate surface area is 203 Å². The summed E-state index contributed by atoms with van der Waals surface area (Å²) in [5.74, 6) is -0.244. The van der Waals surface area contributed by atoms with Crippen LogP contribution >= 0.6 is 22.9 Å². The molecule has 170 valence electrons. The van der Waals surface area contributed by atoms with Gasteiger partial charge < -0.3 is 0 Å². The van der Waals surface area contributed by atoms with Gasteiger partial charge in [-0.3, -0.25) is 14.5 Å². The van der Waals surface area contributed by atoms with E-state index in [2.05, 4.69) is 19.9 Å². The number of anilines is 1. The summed E-state index contributed by atoms with van der Waals surface area (Å²) in [6, 6.07) is 9.91. The van der Waals surface area contributed by atoms with E-state index in [4.69, 9.17) is 11.6 Å². The zero-order valence-corrected chi connectivity index (χ0v) is 20.6. The van der Waals surface area contributed by atoms with Crippen molar-refractivity contribution in [3.8, 4) is 6.07 Å². The maximum absolute atomic E-state index is 13.7. The molecule has 5 rings (SSSR count). The highest BCUT2D eigenvalue weighted by Gasteiger charge is 2.45. The highest BCUT2D eigenvalue weighted by atomic mass is 35.5. The molecule has 0 spiro atoms. The fourth-order valence-corrected chi connectivity index (χ4v) is 7.24. The SMILES string of the molecule is CC1(C)CC(=O)C2=C(C1)N(c1sc3c(c1C#N)CCCCC3)C(=O)CC2c1cccc(Cl)c1. The third-order valence-corrected chi connectivity index (χ3v) is 8.62. The quantitative estimate of drug-likeness (QED) is 0.451. The first-order chi connectivity index (χ1) is 15.8. The number of benzene rings is 1. The number of halogens is 1. The van der Waals surface area contributed by atoms with E-state index in [0.717, 1.165) is 53.1 Å². The first-order valence-electron chi connectivity index (χ1n) is 11.7. The molecule has 1 aliphatic heterocycles. The van der Waals surface area contributed by atoms with Crippen molar-refractivity contribution in [1.82, 2.24) is 0 Å². The molecule has 2 aliphatic carbocycles. The number of thiophene rings is 1. The van der Waals surface area contributed by atoms with Crippen LogP contribution in [0.5, 0.6) is 0 Å². The van der Waals surface area contributed by atoms with Gasteiger partial charge in [0.25, 0.3) is 0 Å². The van der Waals surface area contributed by atoms with Gasteiger partial charge in [-0.15, -0.1) is 11.3 Å². The summed E-state index contributed by atoms with van der Waals surface area (Å²) >= 11 is 7.84. The molecule has 0 saturated heterocycles. The average Bonchev–Trinajstić information content (AvgIpc) is 2.92. The lowest BCUT2D eigenvalue weighted by atomic mass is 9.69. The maximum atomic E-state index is 13.7. The van der Waals surface area contributed by atoms with Crippen LogP contribution in [0.2, 0.25) is 5.02 Å². The Bertz CT molecular complexity index is 1230. The van der Waals surface area contributed by atoms with Gasteiger partial charge in [0.15, 0.2) is 5.78 Å². The zero-order valence-electron chi connectivity index (χ0n) is 19.0. The zero-order chi connectivity index (χ0) is 23.3. The lowest BCUT2D eigenvalue weighted by Gasteiger charge is -2.42. The van der Waals surface area contributed by atoms with Gasteiger partial charge in [0.1, 0.15) is 11.1 Å². The largest absolute Gasteiger partial charge is 0.294 e. The summed E-state index contributed by atoms with van der Waals surface area (Å²) < 4.78 is 0. The molecule has 1 unspecified atom stereocenters. The van der Waals surface area contributed by atoms with Crippen LogP contribution in [0.3, 0.4) is 0 Å². The molecule has 0 radical (unpaired) electrons. The molecule has 33 heavy (non-hydrogen) atoms. The van der Waals surface area contributed by atoms with Gasteiger partial charge in [0.05, 0.1) is 5.56 Å². The number of aryl methyl sites for hydroxylation is 1. The van der Waals surface area contributed by atoms with E-state index < -0.39 is 0 Å². The van der Waals surface area contributed by atoms with E-state index in [1.54, 1.807) is 22.3 Å². The number of allylic oxidation sites excluding steroid dienone is 2. The van der Waals surface area contributed by atoms with E-state index >= 15 is 0 Å². The molecule has 2 heterocycles. The minimum absolute atomic E-state index is 0.0443. The first kappa shape index (κ1) is 22.4. The molecule has 1 amide bonds. The predicted molar refractivity (Wildman–Crippen MR) is 132 cm³/mol. The molecule has 1 atom stereocenters. The van der Waals surface area contributed by atoms with Crippen molar-refractivity contribution in [1.29, 1.82) is 5.26 Å². The number of Topliss-reactive ketones (excluding diaryl/α,β-unsaturated/α-hetero) is 1. The second kappa shape index (κ2) is 8.42. The van der Waals surface area contributed by atoms with Crippen molar-refractivity contribution in [2.45, 2.75) is 71.1 Å². The second-order valence-corrected chi connectivity index (χ2v) is 11.7. The maximum Gasteiger partial charge on any atom is 0.232 e. The number of hydrogen-bond donors (Lipinski definition) is 0. The van der Waals surface area contributed by atoms with E-state index in [9.17, 15) is 14.9 Å². The molecule has 2 aromatic rings. The van der Waals surface area contributed by atoms with Crippen molar-refractivity contribution in [3.05, 3.63) is 62.1 Å². The first-order valence-corrected chi connectivity index (χ1v) is 12.9. The van der Waals surface area contributed by atoms with Crippen molar-refractivity contribution in [3.63, 3.8) is 0 Å². The van der Waals surface area contributed by atoms with Crippen molar-refractivity contribution in [2.24, 2.45) is 5.41 Å². The van der Waals surface area contributed by atoms with Crippen LogP contribution in [-0.4, -0.2) is 11.7 Å². The molecule has 3 aliphatic rings. The third kappa shape index (κ3) is 3.94. The number of fused-ring (bicyclic) bond motifs is 1. The minimum Gasteiger partial charge on any atom is -0.294 e. The van der Waals surface area contributed by atoms with E-state index in [0.29, 0.717) is 23.4 Å². The molecule has 0 saturated carbocycles. The van der Waals surface area contributed by atoms with Gasteiger partial charge in [-0.1, -0.05) is 44.0 Å². The third-order valence-electron chi connectivity index (χ3n) is 7.11. The molecular formula is C27H27ClN2O2S. The highest BCUT2D eigenvalue weighted by molar-refractivity contribution is 7.16. The molecule has 0 N–H and O–H groups in total. The Balaban J connectivity index is 1.70. The number of nitrogens with zero attached hydrogens (tertiary/aromatic N) is 2. The molecular weight excluding hydrogens is 452 g/mol. The predicted octanol–water partition coefficient (Wildman–Crippen LogP) is 6.71. The topological polar surface area (TPSA) is 61.2 Å². The number of amides is 1. The van der Waals surface area contributed by atoms with Crippen molar-refractivity contribution >= 4 is 39.6 Å². The second-order valence-electron chi connectivity index (χ2n) is 10.2. The Morgan fingerprint density at radius 1 is 1.15 bits per heavy atom. The van der Waals surface area contributed by atoms with Gasteiger partial charge in [-0.2, -0.15) is 5.26 Å². The van der Waals surface area contributed by atoms with Crippen LogP contribution in [0.15, 0.2) is 35.5 Å². The Hall–Kier alpha value is -2.42. The van der Waals surface area contributed by atoms with E-state index in [1.807, 2.05) is 18.2 Å². The summed E-state index contributed by atoms with van der Waals surface area (Å²) in [6.07, 6.45) is 6.49. The summed E-state index contributed by atoms with van der Waals surface area (Å²) in [6.45, 7) is 4.16. The Kier molecular flexibility index (Phi) is 5.71. The summed E-state index contributed by atoms with van der Waals surface area (Å²) in [5.41, 5.74) is 3.91. The molecule has 0 bridgehead atoms. The Morgan fingerprint density at radius 2 is 1.94 bits per heavy atom. The highest BCUT2D eigenvalue weighted by Crippen LogP contribution is 2.51. The standard InChI is InChI=1S/C27H27ClN2O2S/c1-27(2)13-21-25(22(31)14-27)19(16-7-6-8-17(28)11-16)12-24(32)30(21)26-20(15-29)18-9-4-3-5-10-23(18)33-26/h6-8,11,19H,3-5,9-10,12-14H2,1-2H3. The van der Waals surface area contributed by atoms with Crippen LogP contribution in [0.1, 0.15) is 79.9 Å². The lowest BCUT2D eigenvalue weighted by molar-refractivity contribution is -0.120. The molecule has 0 fully saturated rings. The molecule has 4 nitrogen and oxygen atoms in total. The van der Waals surface area contributed by atoms with E-state index in [-0.39, 0.29) is 29.4 Å². The minimum atomic E-state index is -0.297. The number of nitriles is 1. The van der Waals surface area contributed by atoms with Crippen LogP contribution < -0.4 is 4.90 Å². The van der Waals surface area contributed by atoms with Crippen LogP contribution in [0.4, 0.5) is 5.00 Å². The van der Waals surface area contributed by atoms with Crippen LogP contribution in [0, 0.1) is 16.7 Å². The van der Waals surface area contributed by atoms with Gasteiger partial charge in [0.2, 0.25) is 5.91 Å². The summed E-state index contributed by atoms with van der Waals surface area (Å²) in [5, 5.41) is 11.4. The fraction of sp³-hybridized carbons (Fsp3) is 0.444. The van der Waals surface area contributed by atoms with Gasteiger partial charge in [-0.05, 0) is 60.8 Å².